The standard InChI is InChI=1S/C15H18N2O3/c1-10(5-7-12-4-3-9-20-12)16-14(18)13-8-6-11(2)17-15(13)19/h3-4,6,8-10H,5,7H2,1-2H3,(H,16,18)(H,17,19)/t10-/m1/s1. The van der Waals surface area contributed by atoms with Gasteiger partial charge in [-0.05, 0) is 44.5 Å². The second kappa shape index (κ2) is 6.23. The van der Waals surface area contributed by atoms with Crippen molar-refractivity contribution in [1.82, 2.24) is 10.3 Å². The summed E-state index contributed by atoms with van der Waals surface area (Å²) < 4.78 is 5.24. The lowest BCUT2D eigenvalue weighted by Gasteiger charge is -2.12. The first-order valence-electron chi connectivity index (χ1n) is 6.59. The van der Waals surface area contributed by atoms with Crippen molar-refractivity contribution >= 4 is 5.91 Å². The third kappa shape index (κ3) is 3.60. The maximum absolute atomic E-state index is 12.0. The summed E-state index contributed by atoms with van der Waals surface area (Å²) in [5.74, 6) is 0.539. The van der Waals surface area contributed by atoms with Crippen LogP contribution in [0.4, 0.5) is 0 Å². The van der Waals surface area contributed by atoms with Crippen LogP contribution >= 0.6 is 0 Å². The zero-order valence-corrected chi connectivity index (χ0v) is 11.6. The molecular weight excluding hydrogens is 256 g/mol. The van der Waals surface area contributed by atoms with Crippen molar-refractivity contribution in [3.05, 3.63) is 57.9 Å². The van der Waals surface area contributed by atoms with Gasteiger partial charge in [0.1, 0.15) is 11.3 Å². The normalized spacial score (nSPS) is 12.1. The van der Waals surface area contributed by atoms with Crippen LogP contribution < -0.4 is 10.9 Å². The van der Waals surface area contributed by atoms with Crippen molar-refractivity contribution in [3.63, 3.8) is 0 Å². The second-order valence-corrected chi connectivity index (χ2v) is 4.88. The highest BCUT2D eigenvalue weighted by molar-refractivity contribution is 5.93. The van der Waals surface area contributed by atoms with Crippen LogP contribution in [0, 0.1) is 6.92 Å². The van der Waals surface area contributed by atoms with Gasteiger partial charge in [0, 0.05) is 18.2 Å². The number of rotatable bonds is 5. The molecular formula is C15H18N2O3. The third-order valence-electron chi connectivity index (χ3n) is 3.08. The van der Waals surface area contributed by atoms with Crippen molar-refractivity contribution in [2.24, 2.45) is 0 Å². The second-order valence-electron chi connectivity index (χ2n) is 4.88. The number of H-pyrrole nitrogens is 1. The summed E-state index contributed by atoms with van der Waals surface area (Å²) in [7, 11) is 0. The Bertz CT molecular complexity index is 629. The zero-order chi connectivity index (χ0) is 14.5. The molecule has 0 aliphatic heterocycles. The molecule has 0 saturated heterocycles. The van der Waals surface area contributed by atoms with E-state index < -0.39 is 0 Å². The van der Waals surface area contributed by atoms with Gasteiger partial charge in [0.25, 0.3) is 11.5 Å². The number of hydrogen-bond donors (Lipinski definition) is 2. The minimum absolute atomic E-state index is 0.0340. The van der Waals surface area contributed by atoms with Crippen LogP contribution in [0.5, 0.6) is 0 Å². The minimum atomic E-state index is -0.360. The minimum Gasteiger partial charge on any atom is -0.469 e. The van der Waals surface area contributed by atoms with E-state index in [1.54, 1.807) is 25.3 Å². The summed E-state index contributed by atoms with van der Waals surface area (Å²) in [6.45, 7) is 3.68. The van der Waals surface area contributed by atoms with Gasteiger partial charge in [0.2, 0.25) is 0 Å². The van der Waals surface area contributed by atoms with E-state index in [2.05, 4.69) is 10.3 Å². The summed E-state index contributed by atoms with van der Waals surface area (Å²) in [6.07, 6.45) is 3.13. The fraction of sp³-hybridized carbons (Fsp3) is 0.333. The number of aryl methyl sites for hydroxylation is 2. The molecule has 2 aromatic heterocycles. The molecule has 1 amide bonds. The van der Waals surface area contributed by atoms with E-state index in [0.717, 1.165) is 24.3 Å². The fourth-order valence-corrected chi connectivity index (χ4v) is 1.94. The zero-order valence-electron chi connectivity index (χ0n) is 11.6. The average molecular weight is 274 g/mol. The summed E-state index contributed by atoms with van der Waals surface area (Å²) >= 11 is 0. The number of aromatic amines is 1. The number of carbonyl (C=O) groups excluding carboxylic acids is 1. The Kier molecular flexibility index (Phi) is 4.40. The molecule has 0 aliphatic carbocycles. The van der Waals surface area contributed by atoms with Crippen molar-refractivity contribution in [2.45, 2.75) is 32.7 Å². The Balaban J connectivity index is 1.91. The quantitative estimate of drug-likeness (QED) is 0.876. The van der Waals surface area contributed by atoms with Gasteiger partial charge in [-0.2, -0.15) is 0 Å². The molecule has 1 atom stereocenters. The van der Waals surface area contributed by atoms with Crippen molar-refractivity contribution in [3.8, 4) is 0 Å². The van der Waals surface area contributed by atoms with Crippen LogP contribution in [0.15, 0.2) is 39.7 Å². The molecule has 106 valence electrons. The molecule has 2 rings (SSSR count). The molecule has 0 bridgehead atoms. The van der Waals surface area contributed by atoms with Gasteiger partial charge in [0.15, 0.2) is 0 Å². The van der Waals surface area contributed by atoms with E-state index in [9.17, 15) is 9.59 Å². The number of pyridine rings is 1. The first-order valence-corrected chi connectivity index (χ1v) is 6.59. The SMILES string of the molecule is Cc1ccc(C(=O)N[C@H](C)CCc2ccco2)c(=O)[nH]1. The lowest BCUT2D eigenvalue weighted by Crippen LogP contribution is -2.36. The van der Waals surface area contributed by atoms with Crippen LogP contribution in [-0.4, -0.2) is 16.9 Å². The largest absolute Gasteiger partial charge is 0.469 e. The topological polar surface area (TPSA) is 75.1 Å². The van der Waals surface area contributed by atoms with Crippen molar-refractivity contribution in [1.29, 1.82) is 0 Å². The number of aromatic nitrogens is 1. The van der Waals surface area contributed by atoms with Crippen LogP contribution in [0.3, 0.4) is 0 Å². The van der Waals surface area contributed by atoms with E-state index >= 15 is 0 Å². The molecule has 5 nitrogen and oxygen atoms in total. The Hall–Kier alpha value is -2.30. The number of hydrogen-bond acceptors (Lipinski definition) is 3. The number of nitrogens with one attached hydrogen (secondary N) is 2. The van der Waals surface area contributed by atoms with Gasteiger partial charge in [-0.1, -0.05) is 0 Å². The first-order chi connectivity index (χ1) is 9.56. The molecule has 0 unspecified atom stereocenters. The fourth-order valence-electron chi connectivity index (χ4n) is 1.94. The van der Waals surface area contributed by atoms with Gasteiger partial charge in [-0.3, -0.25) is 9.59 Å². The van der Waals surface area contributed by atoms with Crippen molar-refractivity contribution < 1.29 is 9.21 Å². The van der Waals surface area contributed by atoms with Crippen LogP contribution in [-0.2, 0) is 6.42 Å². The monoisotopic (exact) mass is 274 g/mol. The van der Waals surface area contributed by atoms with Gasteiger partial charge in [0.05, 0.1) is 6.26 Å². The highest BCUT2D eigenvalue weighted by atomic mass is 16.3. The lowest BCUT2D eigenvalue weighted by molar-refractivity contribution is 0.0936. The van der Waals surface area contributed by atoms with Crippen molar-refractivity contribution in [2.75, 3.05) is 0 Å². The summed E-state index contributed by atoms with van der Waals surface area (Å²) in [6, 6.07) is 6.96. The van der Waals surface area contributed by atoms with E-state index in [4.69, 9.17) is 4.42 Å². The number of amides is 1. The molecule has 0 spiro atoms. The smallest absolute Gasteiger partial charge is 0.260 e. The van der Waals surface area contributed by atoms with Crippen LogP contribution in [0.2, 0.25) is 0 Å². The van der Waals surface area contributed by atoms with E-state index in [-0.39, 0.29) is 23.1 Å². The Labute approximate surface area is 117 Å². The molecule has 0 radical (unpaired) electrons. The maximum atomic E-state index is 12.0. The highest BCUT2D eigenvalue weighted by Gasteiger charge is 2.13. The predicted molar refractivity (Wildman–Crippen MR) is 75.8 cm³/mol. The Morgan fingerprint density at radius 1 is 1.40 bits per heavy atom. The molecule has 2 N–H and O–H groups in total. The maximum Gasteiger partial charge on any atom is 0.260 e. The molecule has 0 aromatic carbocycles. The molecule has 2 heterocycles. The van der Waals surface area contributed by atoms with Gasteiger partial charge < -0.3 is 14.7 Å². The molecule has 20 heavy (non-hydrogen) atoms. The van der Waals surface area contributed by atoms with E-state index in [0.29, 0.717) is 0 Å². The Morgan fingerprint density at radius 3 is 2.85 bits per heavy atom. The summed E-state index contributed by atoms with van der Waals surface area (Å²) in [5, 5.41) is 2.82. The van der Waals surface area contributed by atoms with Crippen LogP contribution in [0.25, 0.3) is 0 Å². The molecule has 5 heteroatoms. The highest BCUT2D eigenvalue weighted by Crippen LogP contribution is 2.06. The molecule has 0 fully saturated rings. The van der Waals surface area contributed by atoms with Crippen LogP contribution in [0.1, 0.15) is 35.2 Å². The predicted octanol–water partition coefficient (Wildman–Crippen LogP) is 2.03. The lowest BCUT2D eigenvalue weighted by atomic mass is 10.1. The van der Waals surface area contributed by atoms with Gasteiger partial charge in [-0.15, -0.1) is 0 Å². The average Bonchev–Trinajstić information content (AvgIpc) is 2.89. The van der Waals surface area contributed by atoms with E-state index in [1.807, 2.05) is 19.1 Å². The summed E-state index contributed by atoms with van der Waals surface area (Å²) in [4.78, 5) is 26.3. The van der Waals surface area contributed by atoms with E-state index in [1.165, 1.54) is 0 Å². The third-order valence-corrected chi connectivity index (χ3v) is 3.08. The van der Waals surface area contributed by atoms with Gasteiger partial charge >= 0.3 is 0 Å². The Morgan fingerprint density at radius 2 is 2.20 bits per heavy atom. The molecule has 0 saturated carbocycles. The van der Waals surface area contributed by atoms with Gasteiger partial charge in [-0.25, -0.2) is 0 Å². The number of carbonyl (C=O) groups is 1. The first kappa shape index (κ1) is 14.1. The molecule has 0 aliphatic rings. The summed E-state index contributed by atoms with van der Waals surface area (Å²) in [5.41, 5.74) is 0.513. The number of furan rings is 1. The molecule has 2 aromatic rings.